The first-order valence-corrected chi connectivity index (χ1v) is 7.03. The number of nitrogens with zero attached hydrogens (tertiary/aromatic N) is 1. The zero-order valence-corrected chi connectivity index (χ0v) is 12.7. The highest BCUT2D eigenvalue weighted by molar-refractivity contribution is 5.89. The van der Waals surface area contributed by atoms with E-state index in [-0.39, 0.29) is 17.8 Å². The van der Waals surface area contributed by atoms with Gasteiger partial charge in [0.15, 0.2) is 0 Å². The van der Waals surface area contributed by atoms with Crippen LogP contribution in [0.1, 0.15) is 26.3 Å². The summed E-state index contributed by atoms with van der Waals surface area (Å²) in [6.45, 7) is 10.5. The fraction of sp³-hybridized carbons (Fsp3) is 0.533. The molecule has 0 aliphatic carbocycles. The molecule has 0 radical (unpaired) electrons. The molecule has 0 fully saturated rings. The number of benzene rings is 1. The summed E-state index contributed by atoms with van der Waals surface area (Å²) in [6.07, 6.45) is 0. The summed E-state index contributed by atoms with van der Waals surface area (Å²) >= 11 is 0. The van der Waals surface area contributed by atoms with E-state index in [4.69, 9.17) is 0 Å². The molecule has 112 valence electrons. The van der Waals surface area contributed by atoms with Crippen molar-refractivity contribution in [1.82, 2.24) is 10.2 Å². The number of hydrogen-bond donors (Lipinski definition) is 2. The van der Waals surface area contributed by atoms with Crippen molar-refractivity contribution >= 4 is 11.7 Å². The molecule has 0 bridgehead atoms. The van der Waals surface area contributed by atoms with Crippen molar-refractivity contribution in [1.29, 1.82) is 0 Å². The number of hydrogen-bond acceptors (Lipinski definition) is 2. The van der Waals surface area contributed by atoms with Crippen LogP contribution in [0.25, 0.3) is 0 Å². The second kappa shape index (κ2) is 7.85. The second-order valence-electron chi connectivity index (χ2n) is 4.89. The Balaban J connectivity index is 2.50. The molecule has 5 heteroatoms. The predicted octanol–water partition coefficient (Wildman–Crippen LogP) is 2.99. The van der Waals surface area contributed by atoms with Crippen LogP contribution in [0, 0.1) is 12.7 Å². The maximum atomic E-state index is 13.5. The van der Waals surface area contributed by atoms with Gasteiger partial charge in [0.2, 0.25) is 0 Å². The third-order valence-corrected chi connectivity index (χ3v) is 3.36. The first kappa shape index (κ1) is 16.4. The molecule has 4 nitrogen and oxygen atoms in total. The zero-order valence-electron chi connectivity index (χ0n) is 12.7. The minimum Gasteiger partial charge on any atom is -0.336 e. The van der Waals surface area contributed by atoms with Crippen molar-refractivity contribution in [2.24, 2.45) is 0 Å². The maximum absolute atomic E-state index is 13.5. The standard InChI is InChI=1S/C15H24FN3O/c1-5-19(6-2)12(4)10-17-15(20)18-14-9-11(3)7-8-13(14)16/h7-9,12H,5-6,10H2,1-4H3,(H2,17,18,20)/t12-/m1/s1. The third kappa shape index (κ3) is 4.81. The maximum Gasteiger partial charge on any atom is 0.319 e. The van der Waals surface area contributed by atoms with Gasteiger partial charge in [-0.15, -0.1) is 0 Å². The number of anilines is 1. The Hall–Kier alpha value is -1.62. The smallest absolute Gasteiger partial charge is 0.319 e. The summed E-state index contributed by atoms with van der Waals surface area (Å²) in [5.41, 5.74) is 1.11. The monoisotopic (exact) mass is 281 g/mol. The molecule has 0 aliphatic heterocycles. The Morgan fingerprint density at radius 1 is 1.35 bits per heavy atom. The molecule has 0 heterocycles. The van der Waals surface area contributed by atoms with E-state index in [1.165, 1.54) is 6.07 Å². The van der Waals surface area contributed by atoms with Gasteiger partial charge in [0, 0.05) is 12.6 Å². The molecule has 0 unspecified atom stereocenters. The SMILES string of the molecule is CCN(CC)[C@H](C)CNC(=O)Nc1cc(C)ccc1F. The van der Waals surface area contributed by atoms with Crippen LogP contribution in [0.4, 0.5) is 14.9 Å². The zero-order chi connectivity index (χ0) is 15.1. The van der Waals surface area contributed by atoms with Crippen molar-refractivity contribution in [3.63, 3.8) is 0 Å². The Bertz CT molecular complexity index is 447. The topological polar surface area (TPSA) is 44.4 Å². The van der Waals surface area contributed by atoms with Gasteiger partial charge in [-0.2, -0.15) is 0 Å². The number of likely N-dealkylation sites (N-methyl/N-ethyl adjacent to an activating group) is 1. The van der Waals surface area contributed by atoms with Gasteiger partial charge in [0.05, 0.1) is 5.69 Å². The number of urea groups is 1. The molecule has 0 aromatic heterocycles. The molecule has 1 aromatic carbocycles. The highest BCUT2D eigenvalue weighted by atomic mass is 19.1. The number of aryl methyl sites for hydroxylation is 1. The lowest BCUT2D eigenvalue weighted by molar-refractivity contribution is 0.219. The summed E-state index contributed by atoms with van der Waals surface area (Å²) in [5, 5.41) is 5.31. The van der Waals surface area contributed by atoms with Gasteiger partial charge in [0.1, 0.15) is 5.82 Å². The van der Waals surface area contributed by atoms with Gasteiger partial charge < -0.3 is 10.6 Å². The minimum atomic E-state index is -0.428. The molecule has 1 rings (SSSR count). The number of carbonyl (C=O) groups excluding carboxylic acids is 1. The van der Waals surface area contributed by atoms with Gasteiger partial charge >= 0.3 is 6.03 Å². The molecular formula is C15H24FN3O. The quantitative estimate of drug-likeness (QED) is 0.842. The number of amides is 2. The average molecular weight is 281 g/mol. The Kier molecular flexibility index (Phi) is 6.45. The van der Waals surface area contributed by atoms with Crippen LogP contribution in [0.2, 0.25) is 0 Å². The van der Waals surface area contributed by atoms with Crippen LogP contribution in [-0.4, -0.2) is 36.6 Å². The molecule has 0 spiro atoms. The molecular weight excluding hydrogens is 257 g/mol. The average Bonchev–Trinajstić information content (AvgIpc) is 2.42. The summed E-state index contributed by atoms with van der Waals surface area (Å²) in [6, 6.07) is 4.50. The van der Waals surface area contributed by atoms with Crippen molar-refractivity contribution in [2.75, 3.05) is 25.0 Å². The molecule has 1 aromatic rings. The fourth-order valence-electron chi connectivity index (χ4n) is 2.12. The van der Waals surface area contributed by atoms with Crippen LogP contribution in [-0.2, 0) is 0 Å². The Morgan fingerprint density at radius 2 is 2.00 bits per heavy atom. The van der Waals surface area contributed by atoms with E-state index in [9.17, 15) is 9.18 Å². The molecule has 0 aliphatic rings. The molecule has 2 amide bonds. The lowest BCUT2D eigenvalue weighted by Crippen LogP contribution is -2.43. The Labute approximate surface area is 120 Å². The van der Waals surface area contributed by atoms with E-state index in [1.807, 2.05) is 6.92 Å². The molecule has 1 atom stereocenters. The van der Waals surface area contributed by atoms with Crippen LogP contribution in [0.5, 0.6) is 0 Å². The van der Waals surface area contributed by atoms with E-state index in [0.29, 0.717) is 6.54 Å². The molecule has 20 heavy (non-hydrogen) atoms. The summed E-state index contributed by atoms with van der Waals surface area (Å²) < 4.78 is 13.5. The number of rotatable bonds is 6. The van der Waals surface area contributed by atoms with E-state index in [0.717, 1.165) is 18.7 Å². The van der Waals surface area contributed by atoms with Crippen molar-refractivity contribution in [2.45, 2.75) is 33.7 Å². The van der Waals surface area contributed by atoms with E-state index < -0.39 is 5.82 Å². The van der Waals surface area contributed by atoms with Crippen LogP contribution in [0.15, 0.2) is 18.2 Å². The first-order chi connectivity index (χ1) is 9.47. The van der Waals surface area contributed by atoms with Crippen molar-refractivity contribution in [3.8, 4) is 0 Å². The number of nitrogens with one attached hydrogen (secondary N) is 2. The fourth-order valence-corrected chi connectivity index (χ4v) is 2.12. The molecule has 0 saturated carbocycles. The summed E-state index contributed by atoms with van der Waals surface area (Å²) in [4.78, 5) is 14.0. The minimum absolute atomic E-state index is 0.206. The highest BCUT2D eigenvalue weighted by Gasteiger charge is 2.12. The van der Waals surface area contributed by atoms with Gasteiger partial charge in [-0.1, -0.05) is 19.9 Å². The van der Waals surface area contributed by atoms with E-state index in [2.05, 4.69) is 36.3 Å². The third-order valence-electron chi connectivity index (χ3n) is 3.36. The summed E-state index contributed by atoms with van der Waals surface area (Å²) in [7, 11) is 0. The van der Waals surface area contributed by atoms with Gasteiger partial charge in [-0.05, 0) is 44.6 Å². The van der Waals surface area contributed by atoms with Crippen LogP contribution >= 0.6 is 0 Å². The van der Waals surface area contributed by atoms with Gasteiger partial charge in [-0.25, -0.2) is 9.18 Å². The summed E-state index contributed by atoms with van der Waals surface area (Å²) in [5.74, 6) is -0.428. The highest BCUT2D eigenvalue weighted by Crippen LogP contribution is 2.15. The number of halogens is 1. The largest absolute Gasteiger partial charge is 0.336 e. The van der Waals surface area contributed by atoms with Crippen LogP contribution < -0.4 is 10.6 Å². The van der Waals surface area contributed by atoms with E-state index in [1.54, 1.807) is 12.1 Å². The lowest BCUT2D eigenvalue weighted by atomic mass is 10.2. The van der Waals surface area contributed by atoms with Crippen molar-refractivity contribution < 1.29 is 9.18 Å². The normalized spacial score (nSPS) is 12.3. The van der Waals surface area contributed by atoms with E-state index >= 15 is 0 Å². The Morgan fingerprint density at radius 3 is 2.60 bits per heavy atom. The number of carbonyl (C=O) groups is 1. The predicted molar refractivity (Wildman–Crippen MR) is 80.5 cm³/mol. The van der Waals surface area contributed by atoms with Crippen LogP contribution in [0.3, 0.4) is 0 Å². The molecule has 0 saturated heterocycles. The van der Waals surface area contributed by atoms with Gasteiger partial charge in [0.25, 0.3) is 0 Å². The molecule has 2 N–H and O–H groups in total. The second-order valence-corrected chi connectivity index (χ2v) is 4.89. The van der Waals surface area contributed by atoms with Gasteiger partial charge in [-0.3, -0.25) is 4.90 Å². The van der Waals surface area contributed by atoms with Crippen molar-refractivity contribution in [3.05, 3.63) is 29.6 Å². The lowest BCUT2D eigenvalue weighted by Gasteiger charge is -2.26. The first-order valence-electron chi connectivity index (χ1n) is 7.03.